The van der Waals surface area contributed by atoms with Gasteiger partial charge in [0.05, 0.1) is 17.7 Å². The van der Waals surface area contributed by atoms with Crippen LogP contribution in [0.25, 0.3) is 0 Å². The molecule has 92 valence electrons. The first kappa shape index (κ1) is 13.5. The van der Waals surface area contributed by atoms with E-state index in [2.05, 4.69) is 25.8 Å². The maximum absolute atomic E-state index is 12.5. The quantitative estimate of drug-likeness (QED) is 0.783. The van der Waals surface area contributed by atoms with Gasteiger partial charge in [-0.05, 0) is 15.9 Å². The van der Waals surface area contributed by atoms with Crippen molar-refractivity contribution in [1.82, 2.24) is 9.78 Å². The van der Waals surface area contributed by atoms with Crippen LogP contribution in [0.2, 0.25) is 0 Å². The molecule has 0 amide bonds. The number of ether oxygens (including phenoxy) is 1. The number of hydrogen-bond acceptors (Lipinski definition) is 4. The number of hydrogen-bond donors (Lipinski definition) is 0. The molecule has 5 nitrogen and oxygen atoms in total. The third kappa shape index (κ3) is 2.58. The van der Waals surface area contributed by atoms with Crippen molar-refractivity contribution >= 4 is 21.9 Å². The Morgan fingerprint density at radius 3 is 2.65 bits per heavy atom. The summed E-state index contributed by atoms with van der Waals surface area (Å²) in [7, 11) is 1.02. The summed E-state index contributed by atoms with van der Waals surface area (Å²) < 4.78 is 42.0. The molecule has 0 saturated carbocycles. The van der Waals surface area contributed by atoms with Crippen molar-refractivity contribution in [2.75, 3.05) is 7.11 Å². The molecule has 0 aliphatic heterocycles. The van der Waals surface area contributed by atoms with E-state index in [4.69, 9.17) is 5.26 Å². The average molecular weight is 312 g/mol. The third-order valence-electron chi connectivity index (χ3n) is 1.76. The average Bonchev–Trinajstić information content (AvgIpc) is 2.55. The summed E-state index contributed by atoms with van der Waals surface area (Å²) in [6.07, 6.45) is -4.72. The van der Waals surface area contributed by atoms with E-state index < -0.39 is 34.6 Å². The van der Waals surface area contributed by atoms with E-state index in [9.17, 15) is 18.0 Å². The molecule has 0 fully saturated rings. The molecule has 0 saturated heterocycles. The second-order valence-corrected chi connectivity index (χ2v) is 3.61. The standard InChI is InChI=1S/C8H5BrF3N3O2/c1-17-7(16)5-4(9)6(8(10,11)12)14-15(5)3-2-13/h3H2,1H3. The van der Waals surface area contributed by atoms with Crippen LogP contribution in [0.15, 0.2) is 4.47 Å². The van der Waals surface area contributed by atoms with Gasteiger partial charge in [0.25, 0.3) is 0 Å². The first-order chi connectivity index (χ1) is 7.82. The van der Waals surface area contributed by atoms with Gasteiger partial charge in [-0.1, -0.05) is 0 Å². The maximum Gasteiger partial charge on any atom is 0.436 e. The minimum atomic E-state index is -4.72. The summed E-state index contributed by atoms with van der Waals surface area (Å²) in [5.41, 5.74) is -1.71. The zero-order valence-electron chi connectivity index (χ0n) is 8.38. The number of nitrogens with zero attached hydrogens (tertiary/aromatic N) is 3. The van der Waals surface area contributed by atoms with Crippen LogP contribution in [0, 0.1) is 11.3 Å². The lowest BCUT2D eigenvalue weighted by molar-refractivity contribution is -0.142. The van der Waals surface area contributed by atoms with Crippen LogP contribution in [-0.4, -0.2) is 22.9 Å². The first-order valence-electron chi connectivity index (χ1n) is 4.11. The normalized spacial score (nSPS) is 11.1. The van der Waals surface area contributed by atoms with Crippen molar-refractivity contribution in [2.24, 2.45) is 0 Å². The number of halogens is 4. The van der Waals surface area contributed by atoms with Crippen LogP contribution >= 0.6 is 15.9 Å². The summed E-state index contributed by atoms with van der Waals surface area (Å²) in [5.74, 6) is -1.00. The zero-order chi connectivity index (χ0) is 13.2. The number of aromatic nitrogens is 2. The van der Waals surface area contributed by atoms with Gasteiger partial charge >= 0.3 is 12.1 Å². The highest BCUT2D eigenvalue weighted by atomic mass is 79.9. The molecule has 0 N–H and O–H groups in total. The lowest BCUT2D eigenvalue weighted by Crippen LogP contribution is -2.12. The Morgan fingerprint density at radius 1 is 1.65 bits per heavy atom. The van der Waals surface area contributed by atoms with Crippen LogP contribution < -0.4 is 0 Å². The van der Waals surface area contributed by atoms with Gasteiger partial charge in [0.15, 0.2) is 11.4 Å². The largest absolute Gasteiger partial charge is 0.464 e. The number of nitriles is 1. The van der Waals surface area contributed by atoms with Gasteiger partial charge in [-0.2, -0.15) is 23.5 Å². The van der Waals surface area contributed by atoms with Crippen molar-refractivity contribution in [1.29, 1.82) is 5.26 Å². The van der Waals surface area contributed by atoms with Gasteiger partial charge in [0.2, 0.25) is 0 Å². The molecule has 17 heavy (non-hydrogen) atoms. The van der Waals surface area contributed by atoms with Gasteiger partial charge in [0, 0.05) is 0 Å². The van der Waals surface area contributed by atoms with Crippen molar-refractivity contribution in [3.8, 4) is 6.07 Å². The Kier molecular flexibility index (Phi) is 3.77. The number of alkyl halides is 3. The highest BCUT2D eigenvalue weighted by Gasteiger charge is 2.40. The van der Waals surface area contributed by atoms with E-state index in [0.717, 1.165) is 7.11 Å². The fourth-order valence-electron chi connectivity index (χ4n) is 1.09. The monoisotopic (exact) mass is 311 g/mol. The molecule has 0 spiro atoms. The number of rotatable bonds is 2. The topological polar surface area (TPSA) is 67.9 Å². The van der Waals surface area contributed by atoms with Gasteiger partial charge in [-0.25, -0.2) is 9.48 Å². The second kappa shape index (κ2) is 4.75. The lowest BCUT2D eigenvalue weighted by Gasteiger charge is -2.01. The first-order valence-corrected chi connectivity index (χ1v) is 4.91. The van der Waals surface area contributed by atoms with Crippen molar-refractivity contribution in [3.63, 3.8) is 0 Å². The van der Waals surface area contributed by atoms with Crippen LogP contribution in [0.1, 0.15) is 16.2 Å². The van der Waals surface area contributed by atoms with E-state index in [1.54, 1.807) is 6.07 Å². The maximum atomic E-state index is 12.5. The van der Waals surface area contributed by atoms with Crippen molar-refractivity contribution < 1.29 is 22.7 Å². The van der Waals surface area contributed by atoms with E-state index >= 15 is 0 Å². The Labute approximate surface area is 102 Å². The Hall–Kier alpha value is -1.56. The molecule has 1 aromatic heterocycles. The van der Waals surface area contributed by atoms with E-state index in [-0.39, 0.29) is 0 Å². The van der Waals surface area contributed by atoms with Gasteiger partial charge in [-0.3, -0.25) is 0 Å². The molecule has 0 aliphatic rings. The lowest BCUT2D eigenvalue weighted by atomic mass is 10.3. The summed E-state index contributed by atoms with van der Waals surface area (Å²) in [6, 6.07) is 1.60. The number of esters is 1. The molecule has 0 aliphatic carbocycles. The SMILES string of the molecule is COC(=O)c1c(Br)c(C(F)(F)F)nn1CC#N. The molecule has 0 unspecified atom stereocenters. The number of carbonyl (C=O) groups excluding carboxylic acids is 1. The molecule has 1 heterocycles. The molecule has 0 atom stereocenters. The van der Waals surface area contributed by atoms with Crippen LogP contribution in [-0.2, 0) is 17.5 Å². The van der Waals surface area contributed by atoms with Gasteiger partial charge in [-0.15, -0.1) is 0 Å². The van der Waals surface area contributed by atoms with E-state index in [0.29, 0.717) is 4.68 Å². The summed E-state index contributed by atoms with van der Waals surface area (Å²) in [5, 5.41) is 11.6. The smallest absolute Gasteiger partial charge is 0.436 e. The molecule has 0 bridgehead atoms. The summed E-state index contributed by atoms with van der Waals surface area (Å²) in [4.78, 5) is 11.3. The Balaban J connectivity index is 3.42. The molecule has 1 rings (SSSR count). The highest BCUT2D eigenvalue weighted by molar-refractivity contribution is 9.10. The predicted molar refractivity (Wildman–Crippen MR) is 51.9 cm³/mol. The van der Waals surface area contributed by atoms with E-state index in [1.165, 1.54) is 0 Å². The zero-order valence-corrected chi connectivity index (χ0v) is 9.96. The highest BCUT2D eigenvalue weighted by Crippen LogP contribution is 2.35. The van der Waals surface area contributed by atoms with Crippen molar-refractivity contribution in [3.05, 3.63) is 15.9 Å². The number of methoxy groups -OCH3 is 1. The Morgan fingerprint density at radius 2 is 2.24 bits per heavy atom. The van der Waals surface area contributed by atoms with Crippen LogP contribution in [0.5, 0.6) is 0 Å². The molecule has 0 aromatic carbocycles. The number of carbonyl (C=O) groups is 1. The third-order valence-corrected chi connectivity index (χ3v) is 2.51. The molecule has 0 radical (unpaired) electrons. The predicted octanol–water partition coefficient (Wildman–Crippen LogP) is 1.97. The molecule has 1 aromatic rings. The van der Waals surface area contributed by atoms with Crippen LogP contribution in [0.4, 0.5) is 13.2 Å². The second-order valence-electron chi connectivity index (χ2n) is 2.82. The summed E-state index contributed by atoms with van der Waals surface area (Å²) in [6.45, 7) is -0.487. The van der Waals surface area contributed by atoms with Crippen LogP contribution in [0.3, 0.4) is 0 Å². The fourth-order valence-corrected chi connectivity index (χ4v) is 1.76. The minimum absolute atomic E-state index is 0.443. The van der Waals surface area contributed by atoms with Crippen molar-refractivity contribution in [2.45, 2.75) is 12.7 Å². The minimum Gasteiger partial charge on any atom is -0.464 e. The van der Waals surface area contributed by atoms with Gasteiger partial charge in [0.1, 0.15) is 6.54 Å². The summed E-state index contributed by atoms with van der Waals surface area (Å²) >= 11 is 2.64. The Bertz CT molecular complexity index is 489. The molecular weight excluding hydrogens is 307 g/mol. The van der Waals surface area contributed by atoms with E-state index in [1.807, 2.05) is 0 Å². The molecular formula is C8H5BrF3N3O2. The fraction of sp³-hybridized carbons (Fsp3) is 0.375. The molecule has 9 heteroatoms. The van der Waals surface area contributed by atoms with Gasteiger partial charge < -0.3 is 4.74 Å².